The van der Waals surface area contributed by atoms with E-state index in [1.165, 1.54) is 0 Å². The van der Waals surface area contributed by atoms with Crippen molar-refractivity contribution in [2.45, 2.75) is 46.0 Å². The van der Waals surface area contributed by atoms with Gasteiger partial charge >= 0.3 is 11.9 Å². The number of dihydropyridines is 1. The molecule has 0 amide bonds. The number of ether oxygens (including phenoxy) is 2. The minimum Gasteiger partial charge on any atom is -0.462 e. The topological polar surface area (TPSA) is 90.4 Å². The fraction of sp³-hybridized carbons (Fsp3) is 0.312. The molecule has 4 rings (SSSR count). The van der Waals surface area contributed by atoms with Crippen LogP contribution in [-0.2, 0) is 38.3 Å². The van der Waals surface area contributed by atoms with E-state index in [2.05, 4.69) is 15.3 Å². The summed E-state index contributed by atoms with van der Waals surface area (Å²) in [7, 11) is 0. The minimum atomic E-state index is -0.481. The number of rotatable bonds is 12. The van der Waals surface area contributed by atoms with Gasteiger partial charge in [0.15, 0.2) is 0 Å². The van der Waals surface area contributed by atoms with Crippen LogP contribution in [0.15, 0.2) is 102 Å². The Morgan fingerprint density at radius 2 is 1.21 bits per heavy atom. The zero-order chi connectivity index (χ0) is 27.5. The Morgan fingerprint density at radius 3 is 1.67 bits per heavy atom. The monoisotopic (exact) mass is 525 g/mol. The number of aromatic nitrogens is 2. The molecule has 0 radical (unpaired) electrons. The van der Waals surface area contributed by atoms with Gasteiger partial charge < -0.3 is 14.8 Å². The fourth-order valence-corrected chi connectivity index (χ4v) is 4.86. The van der Waals surface area contributed by atoms with Crippen LogP contribution in [0.3, 0.4) is 0 Å². The second-order valence-corrected chi connectivity index (χ2v) is 9.65. The molecule has 0 unspecified atom stereocenters. The predicted molar refractivity (Wildman–Crippen MR) is 149 cm³/mol. The van der Waals surface area contributed by atoms with Crippen LogP contribution in [0.4, 0.5) is 0 Å². The minimum absolute atomic E-state index is 0.277. The van der Waals surface area contributed by atoms with Crippen molar-refractivity contribution in [3.8, 4) is 0 Å². The molecule has 0 fully saturated rings. The second-order valence-electron chi connectivity index (χ2n) is 9.65. The summed E-state index contributed by atoms with van der Waals surface area (Å²) in [6.07, 6.45) is 10.5. The molecule has 1 aromatic carbocycles. The van der Waals surface area contributed by atoms with Gasteiger partial charge in [0.25, 0.3) is 0 Å². The van der Waals surface area contributed by atoms with Gasteiger partial charge in [-0.15, -0.1) is 0 Å². The number of aryl methyl sites for hydroxylation is 2. The Morgan fingerprint density at radius 1 is 0.718 bits per heavy atom. The van der Waals surface area contributed by atoms with Crippen LogP contribution in [0.2, 0.25) is 0 Å². The van der Waals surface area contributed by atoms with Gasteiger partial charge in [-0.1, -0.05) is 42.5 Å². The highest BCUT2D eigenvalue weighted by atomic mass is 16.5. The number of hydrogen-bond donors (Lipinski definition) is 1. The summed E-state index contributed by atoms with van der Waals surface area (Å²) < 4.78 is 11.4. The number of allylic oxidation sites excluding steroid dienone is 2. The maximum absolute atomic E-state index is 13.4. The van der Waals surface area contributed by atoms with E-state index in [-0.39, 0.29) is 13.2 Å². The lowest BCUT2D eigenvalue weighted by Crippen LogP contribution is -2.34. The van der Waals surface area contributed by atoms with Crippen molar-refractivity contribution >= 4 is 11.9 Å². The number of nitrogens with one attached hydrogen (secondary N) is 1. The zero-order valence-corrected chi connectivity index (χ0v) is 22.6. The van der Waals surface area contributed by atoms with E-state index in [1.807, 2.05) is 80.8 Å². The van der Waals surface area contributed by atoms with Crippen molar-refractivity contribution in [3.63, 3.8) is 0 Å². The quantitative estimate of drug-likeness (QED) is 0.259. The first-order valence-electron chi connectivity index (χ1n) is 13.4. The maximum Gasteiger partial charge on any atom is 0.336 e. The summed E-state index contributed by atoms with van der Waals surface area (Å²) in [5.41, 5.74) is 5.53. The van der Waals surface area contributed by atoms with Crippen molar-refractivity contribution in [2.24, 2.45) is 5.92 Å². The van der Waals surface area contributed by atoms with E-state index < -0.39 is 17.9 Å². The summed E-state index contributed by atoms with van der Waals surface area (Å²) in [6.45, 7) is 4.26. The molecule has 1 aliphatic heterocycles. The van der Waals surface area contributed by atoms with Gasteiger partial charge in [-0.2, -0.15) is 0 Å². The van der Waals surface area contributed by atoms with E-state index in [0.717, 1.165) is 29.5 Å². The average molecular weight is 526 g/mol. The van der Waals surface area contributed by atoms with Gasteiger partial charge in [-0.3, -0.25) is 9.97 Å². The lowest BCUT2D eigenvalue weighted by Gasteiger charge is -2.30. The third-order valence-electron chi connectivity index (χ3n) is 6.73. The van der Waals surface area contributed by atoms with Crippen LogP contribution in [0.25, 0.3) is 0 Å². The molecule has 0 atom stereocenters. The standard InChI is InChI=1S/C32H35N3O4/c1-23-29(31(36)38-18-8-14-26-12-6-16-33-21-26)28(20-25-10-4-3-5-11-25)30(24(2)35-23)32(37)39-19-9-15-27-13-7-17-34-22-27/h3-7,10-13,16-17,21-22,28,35H,8-9,14-15,18-20H2,1-2H3. The van der Waals surface area contributed by atoms with Crippen LogP contribution in [0.5, 0.6) is 0 Å². The number of nitrogens with zero attached hydrogens (tertiary/aromatic N) is 2. The average Bonchev–Trinajstić information content (AvgIpc) is 2.95. The molecule has 3 aromatic rings. The van der Waals surface area contributed by atoms with Crippen molar-refractivity contribution in [1.29, 1.82) is 0 Å². The van der Waals surface area contributed by atoms with Crippen LogP contribution in [-0.4, -0.2) is 35.1 Å². The maximum atomic E-state index is 13.4. The lowest BCUT2D eigenvalue weighted by molar-refractivity contribution is -0.140. The lowest BCUT2D eigenvalue weighted by atomic mass is 9.81. The molecule has 0 saturated carbocycles. The SMILES string of the molecule is CC1=C(C(=O)OCCCc2cccnc2)C(Cc2ccccc2)C(C(=O)OCCCc2cccnc2)=C(C)N1. The van der Waals surface area contributed by atoms with Crippen molar-refractivity contribution in [3.05, 3.63) is 119 Å². The summed E-state index contributed by atoms with van der Waals surface area (Å²) in [5, 5.41) is 3.23. The third-order valence-corrected chi connectivity index (χ3v) is 6.73. The Hall–Kier alpha value is -4.26. The van der Waals surface area contributed by atoms with E-state index in [1.54, 1.807) is 12.4 Å². The summed E-state index contributed by atoms with van der Waals surface area (Å²) in [5.74, 6) is -1.31. The molecule has 1 N–H and O–H groups in total. The van der Waals surface area contributed by atoms with E-state index in [0.29, 0.717) is 41.8 Å². The fourth-order valence-electron chi connectivity index (χ4n) is 4.86. The first-order chi connectivity index (χ1) is 19.0. The molecule has 2 aromatic heterocycles. The summed E-state index contributed by atoms with van der Waals surface area (Å²) in [6, 6.07) is 17.7. The number of hydrogen-bond acceptors (Lipinski definition) is 7. The van der Waals surface area contributed by atoms with Crippen molar-refractivity contribution in [1.82, 2.24) is 15.3 Å². The first-order valence-corrected chi connectivity index (χ1v) is 13.4. The number of pyridine rings is 2. The molecule has 7 heteroatoms. The molecular formula is C32H35N3O4. The molecule has 0 spiro atoms. The Bertz CT molecular complexity index is 1220. The van der Waals surface area contributed by atoms with Crippen LogP contribution in [0.1, 0.15) is 43.4 Å². The van der Waals surface area contributed by atoms with Crippen LogP contribution < -0.4 is 5.32 Å². The van der Waals surface area contributed by atoms with Crippen LogP contribution >= 0.6 is 0 Å². The normalized spacial score (nSPS) is 13.7. The molecular weight excluding hydrogens is 490 g/mol. The Balaban J connectivity index is 1.44. The molecule has 0 aliphatic carbocycles. The largest absolute Gasteiger partial charge is 0.462 e. The van der Waals surface area contributed by atoms with Crippen molar-refractivity contribution in [2.75, 3.05) is 13.2 Å². The Kier molecular flexibility index (Phi) is 10.0. The highest BCUT2D eigenvalue weighted by Crippen LogP contribution is 2.34. The first kappa shape index (κ1) is 27.8. The summed E-state index contributed by atoms with van der Waals surface area (Å²) >= 11 is 0. The molecule has 39 heavy (non-hydrogen) atoms. The molecule has 3 heterocycles. The third kappa shape index (κ3) is 7.87. The van der Waals surface area contributed by atoms with E-state index in [4.69, 9.17) is 9.47 Å². The highest BCUT2D eigenvalue weighted by molar-refractivity contribution is 5.97. The smallest absolute Gasteiger partial charge is 0.336 e. The number of esters is 2. The molecule has 0 saturated heterocycles. The van der Waals surface area contributed by atoms with Gasteiger partial charge in [-0.25, -0.2) is 9.59 Å². The van der Waals surface area contributed by atoms with E-state index in [9.17, 15) is 9.59 Å². The van der Waals surface area contributed by atoms with Gasteiger partial charge in [0.2, 0.25) is 0 Å². The van der Waals surface area contributed by atoms with Crippen molar-refractivity contribution < 1.29 is 19.1 Å². The molecule has 202 valence electrons. The van der Waals surface area contributed by atoms with Gasteiger partial charge in [0.05, 0.1) is 24.4 Å². The van der Waals surface area contributed by atoms with E-state index >= 15 is 0 Å². The summed E-state index contributed by atoms with van der Waals surface area (Å²) in [4.78, 5) is 35.1. The molecule has 7 nitrogen and oxygen atoms in total. The number of benzene rings is 1. The zero-order valence-electron chi connectivity index (χ0n) is 22.6. The van der Waals surface area contributed by atoms with Gasteiger partial charge in [0.1, 0.15) is 0 Å². The highest BCUT2D eigenvalue weighted by Gasteiger charge is 2.37. The van der Waals surface area contributed by atoms with Gasteiger partial charge in [0, 0.05) is 42.1 Å². The molecule has 1 aliphatic rings. The van der Waals surface area contributed by atoms with Crippen LogP contribution in [0, 0.1) is 5.92 Å². The molecule has 0 bridgehead atoms. The number of carbonyl (C=O) groups is 2. The second kappa shape index (κ2) is 14.0. The predicted octanol–water partition coefficient (Wildman–Crippen LogP) is 5.14. The number of carbonyl (C=O) groups excluding carboxylic acids is 2. The Labute approximate surface area is 230 Å². The van der Waals surface area contributed by atoms with Gasteiger partial charge in [-0.05, 0) is 74.8 Å².